The number of aryl methyl sites for hydroxylation is 1. The average Bonchev–Trinajstić information content (AvgIpc) is 2.92. The molecule has 1 N–H and O–H groups in total. The molecule has 1 aliphatic carbocycles. The van der Waals surface area contributed by atoms with Gasteiger partial charge in [-0.15, -0.1) is 0 Å². The number of hydrogen-bond donors (Lipinski definition) is 1. The summed E-state index contributed by atoms with van der Waals surface area (Å²) in [5.74, 6) is 0.0935. The Hall–Kier alpha value is -1.30. The first-order valence-corrected chi connectivity index (χ1v) is 9.76. The van der Waals surface area contributed by atoms with E-state index in [9.17, 15) is 4.79 Å². The molecule has 1 spiro atoms. The highest BCUT2D eigenvalue weighted by Gasteiger charge is 2.57. The Kier molecular flexibility index (Phi) is 4.19. The summed E-state index contributed by atoms with van der Waals surface area (Å²) in [6, 6.07) is 4.24. The summed E-state index contributed by atoms with van der Waals surface area (Å²) in [7, 11) is 1.88. The molecule has 128 valence electrons. The van der Waals surface area contributed by atoms with Crippen molar-refractivity contribution in [2.45, 2.75) is 31.8 Å². The monoisotopic (exact) mass is 363 g/mol. The maximum absolute atomic E-state index is 13.2. The normalized spacial score (nSPS) is 21.8. The van der Waals surface area contributed by atoms with Crippen molar-refractivity contribution in [1.82, 2.24) is 14.8 Å². The lowest BCUT2D eigenvalue weighted by molar-refractivity contribution is 0.0682. The van der Waals surface area contributed by atoms with Gasteiger partial charge in [0.1, 0.15) is 5.69 Å². The van der Waals surface area contributed by atoms with Crippen LogP contribution in [0, 0.1) is 5.41 Å². The van der Waals surface area contributed by atoms with Crippen molar-refractivity contribution >= 4 is 28.8 Å². The van der Waals surface area contributed by atoms with Crippen molar-refractivity contribution < 1.29 is 4.79 Å². The van der Waals surface area contributed by atoms with Crippen LogP contribution in [0.25, 0.3) is 0 Å². The number of nitrogens with one attached hydrogen (secondary N) is 1. The van der Waals surface area contributed by atoms with Gasteiger partial charge < -0.3 is 14.8 Å². The van der Waals surface area contributed by atoms with Crippen molar-refractivity contribution in [3.8, 4) is 0 Å². The van der Waals surface area contributed by atoms with E-state index in [0.717, 1.165) is 19.5 Å². The molecular weight excluding hydrogens is 342 g/mol. The second-order valence-corrected chi connectivity index (χ2v) is 8.27. The van der Waals surface area contributed by atoms with Gasteiger partial charge in [-0.25, -0.2) is 0 Å². The van der Waals surface area contributed by atoms with E-state index in [2.05, 4.69) is 27.0 Å². The van der Waals surface area contributed by atoms with E-state index in [1.807, 2.05) is 11.6 Å². The Morgan fingerprint density at radius 3 is 2.92 bits per heavy atom. The molecule has 4 nitrogen and oxygen atoms in total. The van der Waals surface area contributed by atoms with Crippen molar-refractivity contribution in [3.05, 3.63) is 45.4 Å². The fourth-order valence-electron chi connectivity index (χ4n) is 4.02. The first-order valence-electron chi connectivity index (χ1n) is 8.44. The molecule has 3 heterocycles. The Balaban J connectivity index is 1.61. The van der Waals surface area contributed by atoms with E-state index in [1.165, 1.54) is 18.4 Å². The molecule has 0 radical (unpaired) electrons. The summed E-state index contributed by atoms with van der Waals surface area (Å²) in [6.45, 7) is 2.81. The second kappa shape index (κ2) is 6.21. The lowest BCUT2D eigenvalue weighted by Gasteiger charge is -2.29. The molecule has 0 aromatic carbocycles. The molecule has 1 saturated heterocycles. The number of hydrogen-bond acceptors (Lipinski definition) is 3. The number of amides is 1. The van der Waals surface area contributed by atoms with E-state index in [1.54, 1.807) is 23.6 Å². The molecule has 2 fully saturated rings. The van der Waals surface area contributed by atoms with Gasteiger partial charge in [-0.05, 0) is 66.2 Å². The van der Waals surface area contributed by atoms with Crippen LogP contribution in [0.2, 0.25) is 5.02 Å². The van der Waals surface area contributed by atoms with Crippen molar-refractivity contribution in [2.24, 2.45) is 12.5 Å². The molecule has 6 heteroatoms. The molecule has 1 atom stereocenters. The quantitative estimate of drug-likeness (QED) is 0.902. The minimum absolute atomic E-state index is 0.0935. The molecule has 0 bridgehead atoms. The number of carbonyl (C=O) groups excluding carboxylic acids is 1. The minimum atomic E-state index is 0.0935. The molecule has 0 unspecified atom stereocenters. The van der Waals surface area contributed by atoms with Gasteiger partial charge in [0.15, 0.2) is 0 Å². The SMILES string of the molecule is Cn1cc(Cl)cc1C(=O)N(Cc1ccsc1)[C@H]1CC12CCNCC2. The first kappa shape index (κ1) is 16.2. The van der Waals surface area contributed by atoms with Crippen LogP contribution in [-0.2, 0) is 13.6 Å². The highest BCUT2D eigenvalue weighted by atomic mass is 35.5. The molecule has 2 aliphatic rings. The number of halogens is 1. The average molecular weight is 364 g/mol. The fourth-order valence-corrected chi connectivity index (χ4v) is 4.93. The smallest absolute Gasteiger partial charge is 0.271 e. The van der Waals surface area contributed by atoms with Crippen molar-refractivity contribution in [1.29, 1.82) is 0 Å². The van der Waals surface area contributed by atoms with Crippen molar-refractivity contribution in [3.63, 3.8) is 0 Å². The Labute approximate surface area is 151 Å². The Bertz CT molecular complexity index is 734. The molecule has 1 saturated carbocycles. The zero-order valence-electron chi connectivity index (χ0n) is 13.8. The van der Waals surface area contributed by atoms with Gasteiger partial charge in [-0.1, -0.05) is 11.6 Å². The van der Waals surface area contributed by atoms with Gasteiger partial charge in [0.25, 0.3) is 5.91 Å². The number of nitrogens with zero attached hydrogens (tertiary/aromatic N) is 2. The summed E-state index contributed by atoms with van der Waals surface area (Å²) in [4.78, 5) is 15.3. The fraction of sp³-hybridized carbons (Fsp3) is 0.500. The summed E-state index contributed by atoms with van der Waals surface area (Å²) >= 11 is 7.78. The van der Waals surface area contributed by atoms with Crippen LogP contribution in [0.4, 0.5) is 0 Å². The van der Waals surface area contributed by atoms with E-state index in [4.69, 9.17) is 11.6 Å². The van der Waals surface area contributed by atoms with Crippen molar-refractivity contribution in [2.75, 3.05) is 13.1 Å². The van der Waals surface area contributed by atoms with E-state index in [-0.39, 0.29) is 5.91 Å². The molecular formula is C18H22ClN3OS. The number of piperidine rings is 1. The van der Waals surface area contributed by atoms with Gasteiger partial charge in [0.2, 0.25) is 0 Å². The zero-order chi connectivity index (χ0) is 16.7. The van der Waals surface area contributed by atoms with Gasteiger partial charge >= 0.3 is 0 Å². The maximum Gasteiger partial charge on any atom is 0.271 e. The second-order valence-electron chi connectivity index (χ2n) is 7.05. The van der Waals surface area contributed by atoms with Gasteiger partial charge in [-0.2, -0.15) is 11.3 Å². The van der Waals surface area contributed by atoms with Crippen LogP contribution < -0.4 is 5.32 Å². The lowest BCUT2D eigenvalue weighted by atomic mass is 9.93. The predicted molar refractivity (Wildman–Crippen MR) is 97.6 cm³/mol. The predicted octanol–water partition coefficient (Wildman–Crippen LogP) is 3.52. The lowest BCUT2D eigenvalue weighted by Crippen LogP contribution is -2.39. The number of rotatable bonds is 4. The van der Waals surface area contributed by atoms with Gasteiger partial charge in [-0.3, -0.25) is 4.79 Å². The molecule has 2 aromatic heterocycles. The zero-order valence-corrected chi connectivity index (χ0v) is 15.4. The third kappa shape index (κ3) is 2.89. The topological polar surface area (TPSA) is 37.3 Å². The third-order valence-corrected chi connectivity index (χ3v) is 6.45. The van der Waals surface area contributed by atoms with Gasteiger partial charge in [0.05, 0.1) is 5.02 Å². The number of carbonyl (C=O) groups is 1. The summed E-state index contributed by atoms with van der Waals surface area (Å²) < 4.78 is 1.84. The first-order chi connectivity index (χ1) is 11.6. The van der Waals surface area contributed by atoms with E-state index >= 15 is 0 Å². The molecule has 1 amide bonds. The van der Waals surface area contributed by atoms with Crippen LogP contribution in [0.3, 0.4) is 0 Å². The third-order valence-electron chi connectivity index (χ3n) is 5.51. The Morgan fingerprint density at radius 2 is 2.29 bits per heavy atom. The highest BCUT2D eigenvalue weighted by Crippen LogP contribution is 2.56. The standard InChI is InChI=1S/C18H22ClN3OS/c1-21-11-14(19)8-15(21)17(23)22(10-13-2-7-24-12-13)16-9-18(16)3-5-20-6-4-18/h2,7-8,11-12,16,20H,3-6,9-10H2,1H3/t16-/m0/s1. The van der Waals surface area contributed by atoms with Crippen LogP contribution in [0.1, 0.15) is 35.3 Å². The highest BCUT2D eigenvalue weighted by molar-refractivity contribution is 7.07. The molecule has 4 rings (SSSR count). The molecule has 24 heavy (non-hydrogen) atoms. The summed E-state index contributed by atoms with van der Waals surface area (Å²) in [5.41, 5.74) is 2.21. The van der Waals surface area contributed by atoms with Crippen LogP contribution in [-0.4, -0.2) is 34.5 Å². The van der Waals surface area contributed by atoms with E-state index in [0.29, 0.717) is 28.7 Å². The van der Waals surface area contributed by atoms with Crippen LogP contribution in [0.15, 0.2) is 29.1 Å². The number of aromatic nitrogens is 1. The summed E-state index contributed by atoms with van der Waals surface area (Å²) in [5, 5.41) is 8.26. The van der Waals surface area contributed by atoms with Crippen LogP contribution in [0.5, 0.6) is 0 Å². The molecule has 2 aromatic rings. The van der Waals surface area contributed by atoms with E-state index < -0.39 is 0 Å². The minimum Gasteiger partial charge on any atom is -0.345 e. The van der Waals surface area contributed by atoms with Crippen LogP contribution >= 0.6 is 22.9 Å². The number of thiophene rings is 1. The largest absolute Gasteiger partial charge is 0.345 e. The maximum atomic E-state index is 13.2. The summed E-state index contributed by atoms with van der Waals surface area (Å²) in [6.07, 6.45) is 5.26. The van der Waals surface area contributed by atoms with Gasteiger partial charge in [0, 0.05) is 25.8 Å². The molecule has 1 aliphatic heterocycles. The Morgan fingerprint density at radius 1 is 1.50 bits per heavy atom.